The van der Waals surface area contributed by atoms with Crippen molar-refractivity contribution in [1.29, 1.82) is 0 Å². The van der Waals surface area contributed by atoms with E-state index >= 15 is 0 Å². The van der Waals surface area contributed by atoms with Gasteiger partial charge in [-0.2, -0.15) is 0 Å². The molecule has 7 nitrogen and oxygen atoms in total. The molecule has 0 aromatic heterocycles. The molecule has 2 rings (SSSR count). The Hall–Kier alpha value is -3.35. The van der Waals surface area contributed by atoms with Gasteiger partial charge in [-0.1, -0.05) is 12.1 Å². The molecular formula is C21H23NO6. The molecule has 0 spiro atoms. The van der Waals surface area contributed by atoms with Crippen molar-refractivity contribution < 1.29 is 28.6 Å². The monoisotopic (exact) mass is 385 g/mol. The normalized spacial score (nSPS) is 10.1. The fraction of sp³-hybridized carbons (Fsp3) is 0.286. The number of ether oxygens (including phenoxy) is 3. The van der Waals surface area contributed by atoms with Crippen molar-refractivity contribution in [2.75, 3.05) is 25.1 Å². The van der Waals surface area contributed by atoms with Crippen LogP contribution in [0.1, 0.15) is 28.4 Å². The quantitative estimate of drug-likeness (QED) is 0.703. The van der Waals surface area contributed by atoms with Gasteiger partial charge >= 0.3 is 11.9 Å². The summed E-state index contributed by atoms with van der Waals surface area (Å²) >= 11 is 0. The summed E-state index contributed by atoms with van der Waals surface area (Å²) in [5.74, 6) is -0.973. The summed E-state index contributed by atoms with van der Waals surface area (Å²) in [5, 5.41) is 2.58. The van der Waals surface area contributed by atoms with Crippen molar-refractivity contribution >= 4 is 23.5 Å². The third-order valence-electron chi connectivity index (χ3n) is 3.73. The van der Waals surface area contributed by atoms with Crippen LogP contribution < -0.4 is 10.1 Å². The van der Waals surface area contributed by atoms with E-state index in [2.05, 4.69) is 5.32 Å². The van der Waals surface area contributed by atoms with Gasteiger partial charge < -0.3 is 19.5 Å². The number of amides is 1. The lowest BCUT2D eigenvalue weighted by atomic mass is 10.1. The summed E-state index contributed by atoms with van der Waals surface area (Å²) in [6.07, 6.45) is 0. The van der Waals surface area contributed by atoms with E-state index in [1.165, 1.54) is 12.1 Å². The van der Waals surface area contributed by atoms with Gasteiger partial charge in [-0.05, 0) is 62.2 Å². The van der Waals surface area contributed by atoms with Crippen LogP contribution in [0.3, 0.4) is 0 Å². The summed E-state index contributed by atoms with van der Waals surface area (Å²) in [5.41, 5.74) is 2.78. The molecule has 0 atom stereocenters. The first kappa shape index (κ1) is 21.0. The second-order valence-corrected chi connectivity index (χ2v) is 6.06. The maximum absolute atomic E-state index is 11.9. The number of esters is 2. The van der Waals surface area contributed by atoms with E-state index in [1.54, 1.807) is 19.1 Å². The van der Waals surface area contributed by atoms with Gasteiger partial charge in [0.15, 0.2) is 13.2 Å². The Morgan fingerprint density at radius 2 is 1.64 bits per heavy atom. The molecule has 0 saturated heterocycles. The van der Waals surface area contributed by atoms with Crippen LogP contribution in [-0.2, 0) is 19.1 Å². The molecule has 28 heavy (non-hydrogen) atoms. The molecule has 0 aliphatic rings. The molecule has 0 heterocycles. The molecule has 0 saturated carbocycles. The molecule has 148 valence electrons. The summed E-state index contributed by atoms with van der Waals surface area (Å²) in [6.45, 7) is 5.09. The zero-order valence-electron chi connectivity index (χ0n) is 16.1. The minimum absolute atomic E-state index is 0.286. The Balaban J connectivity index is 1.76. The van der Waals surface area contributed by atoms with Crippen molar-refractivity contribution in [1.82, 2.24) is 0 Å². The van der Waals surface area contributed by atoms with E-state index in [9.17, 15) is 14.4 Å². The van der Waals surface area contributed by atoms with Crippen LogP contribution in [0.5, 0.6) is 5.75 Å². The van der Waals surface area contributed by atoms with E-state index in [0.717, 1.165) is 11.1 Å². The van der Waals surface area contributed by atoms with Crippen LogP contribution in [0, 0.1) is 13.8 Å². The first-order valence-corrected chi connectivity index (χ1v) is 8.81. The first-order valence-electron chi connectivity index (χ1n) is 8.81. The number of carbonyl (C=O) groups is 3. The van der Waals surface area contributed by atoms with Gasteiger partial charge in [0.2, 0.25) is 0 Å². The summed E-state index contributed by atoms with van der Waals surface area (Å²) in [7, 11) is 0. The van der Waals surface area contributed by atoms with E-state index in [-0.39, 0.29) is 13.2 Å². The molecule has 7 heteroatoms. The molecule has 2 aromatic rings. The SMILES string of the molecule is CCOC(=O)c1ccc(NC(=O)COC(=O)COc2cc(C)ccc2C)cc1. The van der Waals surface area contributed by atoms with E-state index in [1.807, 2.05) is 32.0 Å². The highest BCUT2D eigenvalue weighted by Crippen LogP contribution is 2.19. The number of benzene rings is 2. The molecule has 1 amide bonds. The number of rotatable bonds is 8. The largest absolute Gasteiger partial charge is 0.482 e. The second kappa shape index (κ2) is 10.1. The standard InChI is InChI=1S/C21H23NO6/c1-4-26-21(25)16-7-9-17(10-8-16)22-19(23)12-28-20(24)13-27-18-11-14(2)5-6-15(18)3/h5-11H,4,12-13H2,1-3H3,(H,22,23). The molecule has 2 aromatic carbocycles. The number of hydrogen-bond acceptors (Lipinski definition) is 6. The van der Waals surface area contributed by atoms with Gasteiger partial charge in [-0.15, -0.1) is 0 Å². The lowest BCUT2D eigenvalue weighted by Gasteiger charge is -2.10. The van der Waals surface area contributed by atoms with E-state index in [0.29, 0.717) is 17.0 Å². The molecule has 1 N–H and O–H groups in total. The molecular weight excluding hydrogens is 362 g/mol. The Bertz CT molecular complexity index is 844. The predicted molar refractivity (Wildman–Crippen MR) is 103 cm³/mol. The number of hydrogen-bond donors (Lipinski definition) is 1. The van der Waals surface area contributed by atoms with Crippen LogP contribution in [0.4, 0.5) is 5.69 Å². The highest BCUT2D eigenvalue weighted by molar-refractivity contribution is 5.94. The predicted octanol–water partition coefficient (Wildman–Crippen LogP) is 3.04. The minimum Gasteiger partial charge on any atom is -0.482 e. The molecule has 0 aliphatic carbocycles. The fourth-order valence-electron chi connectivity index (χ4n) is 2.29. The highest BCUT2D eigenvalue weighted by Gasteiger charge is 2.11. The van der Waals surface area contributed by atoms with Crippen molar-refractivity contribution in [3.05, 3.63) is 59.2 Å². The Morgan fingerprint density at radius 1 is 0.929 bits per heavy atom. The van der Waals surface area contributed by atoms with Gasteiger partial charge in [0.1, 0.15) is 5.75 Å². The van der Waals surface area contributed by atoms with Crippen LogP contribution in [0.25, 0.3) is 0 Å². The average Bonchev–Trinajstić information content (AvgIpc) is 2.68. The zero-order valence-corrected chi connectivity index (χ0v) is 16.1. The van der Waals surface area contributed by atoms with Crippen molar-refractivity contribution in [3.8, 4) is 5.75 Å². The molecule has 0 radical (unpaired) electrons. The Labute approximate surface area is 163 Å². The van der Waals surface area contributed by atoms with E-state index < -0.39 is 24.5 Å². The smallest absolute Gasteiger partial charge is 0.344 e. The maximum atomic E-state index is 11.9. The highest BCUT2D eigenvalue weighted by atomic mass is 16.6. The number of nitrogens with one attached hydrogen (secondary N) is 1. The van der Waals surface area contributed by atoms with Gasteiger partial charge in [-0.3, -0.25) is 4.79 Å². The summed E-state index contributed by atoms with van der Waals surface area (Å²) in [6, 6.07) is 11.9. The third-order valence-corrected chi connectivity index (χ3v) is 3.73. The topological polar surface area (TPSA) is 90.9 Å². The van der Waals surface area contributed by atoms with Crippen LogP contribution in [0.2, 0.25) is 0 Å². The van der Waals surface area contributed by atoms with Gasteiger partial charge in [-0.25, -0.2) is 9.59 Å². The van der Waals surface area contributed by atoms with Crippen molar-refractivity contribution in [2.24, 2.45) is 0 Å². The number of carbonyl (C=O) groups excluding carboxylic acids is 3. The molecule has 0 fully saturated rings. The third kappa shape index (κ3) is 6.42. The Kier molecular flexibility index (Phi) is 7.56. The van der Waals surface area contributed by atoms with E-state index in [4.69, 9.17) is 14.2 Å². The zero-order chi connectivity index (χ0) is 20.5. The molecule has 0 unspecified atom stereocenters. The fourth-order valence-corrected chi connectivity index (χ4v) is 2.29. The second-order valence-electron chi connectivity index (χ2n) is 6.06. The minimum atomic E-state index is -0.645. The van der Waals surface area contributed by atoms with Gasteiger partial charge in [0, 0.05) is 5.69 Å². The molecule has 0 aliphatic heterocycles. The average molecular weight is 385 g/mol. The van der Waals surface area contributed by atoms with Crippen LogP contribution >= 0.6 is 0 Å². The number of anilines is 1. The first-order chi connectivity index (χ1) is 13.4. The summed E-state index contributed by atoms with van der Waals surface area (Å²) < 4.78 is 15.2. The number of aryl methyl sites for hydroxylation is 2. The van der Waals surface area contributed by atoms with Crippen molar-refractivity contribution in [3.63, 3.8) is 0 Å². The Morgan fingerprint density at radius 3 is 2.32 bits per heavy atom. The van der Waals surface area contributed by atoms with Crippen molar-refractivity contribution in [2.45, 2.75) is 20.8 Å². The lowest BCUT2D eigenvalue weighted by molar-refractivity contribution is -0.149. The van der Waals surface area contributed by atoms with Gasteiger partial charge in [0.05, 0.1) is 12.2 Å². The lowest BCUT2D eigenvalue weighted by Crippen LogP contribution is -2.23. The molecule has 0 bridgehead atoms. The summed E-state index contributed by atoms with van der Waals surface area (Å²) in [4.78, 5) is 35.2. The maximum Gasteiger partial charge on any atom is 0.344 e. The van der Waals surface area contributed by atoms with Crippen LogP contribution in [-0.4, -0.2) is 37.7 Å². The van der Waals surface area contributed by atoms with Gasteiger partial charge in [0.25, 0.3) is 5.91 Å². The van der Waals surface area contributed by atoms with Crippen LogP contribution in [0.15, 0.2) is 42.5 Å².